The van der Waals surface area contributed by atoms with Crippen LogP contribution in [0.3, 0.4) is 0 Å². The third kappa shape index (κ3) is 2.65. The van der Waals surface area contributed by atoms with E-state index in [9.17, 15) is 4.39 Å². The highest BCUT2D eigenvalue weighted by molar-refractivity contribution is 5.35. The van der Waals surface area contributed by atoms with Gasteiger partial charge in [-0.3, -0.25) is 9.67 Å². The van der Waals surface area contributed by atoms with E-state index in [1.54, 1.807) is 19.5 Å². The standard InChI is InChI=1S/C14H19FN4O/c1-9(2)19-14(12(20-4)8-18-19)13(16-3)10-5-11(15)7-17-6-10/h5-9,13,16H,1-4H3. The summed E-state index contributed by atoms with van der Waals surface area (Å²) in [5.41, 5.74) is 1.59. The fourth-order valence-electron chi connectivity index (χ4n) is 2.25. The molecule has 0 bridgehead atoms. The van der Waals surface area contributed by atoms with Crippen LogP contribution in [-0.2, 0) is 0 Å². The largest absolute Gasteiger partial charge is 0.493 e. The summed E-state index contributed by atoms with van der Waals surface area (Å²) < 4.78 is 20.6. The molecule has 2 heterocycles. The summed E-state index contributed by atoms with van der Waals surface area (Å²) in [6.07, 6.45) is 4.50. The zero-order chi connectivity index (χ0) is 14.7. The number of methoxy groups -OCH3 is 1. The Bertz CT molecular complexity index is 582. The smallest absolute Gasteiger partial charge is 0.161 e. The SMILES string of the molecule is CNC(c1cncc(F)c1)c1c(OC)cnn1C(C)C. The van der Waals surface area contributed by atoms with Crippen molar-refractivity contribution in [2.45, 2.75) is 25.9 Å². The van der Waals surface area contributed by atoms with Gasteiger partial charge in [0.1, 0.15) is 11.5 Å². The average Bonchev–Trinajstić information content (AvgIpc) is 2.84. The Morgan fingerprint density at radius 3 is 2.60 bits per heavy atom. The molecule has 0 aromatic carbocycles. The van der Waals surface area contributed by atoms with Crippen molar-refractivity contribution < 1.29 is 9.13 Å². The number of hydrogen-bond acceptors (Lipinski definition) is 4. The summed E-state index contributed by atoms with van der Waals surface area (Å²) in [7, 11) is 3.41. The van der Waals surface area contributed by atoms with Crippen molar-refractivity contribution >= 4 is 0 Å². The molecule has 0 aliphatic heterocycles. The van der Waals surface area contributed by atoms with Crippen molar-refractivity contribution in [2.24, 2.45) is 0 Å². The Morgan fingerprint density at radius 1 is 1.30 bits per heavy atom. The molecule has 2 rings (SSSR count). The molecule has 1 atom stereocenters. The van der Waals surface area contributed by atoms with Gasteiger partial charge in [0.2, 0.25) is 0 Å². The molecule has 1 unspecified atom stereocenters. The van der Waals surface area contributed by atoms with Gasteiger partial charge < -0.3 is 10.1 Å². The van der Waals surface area contributed by atoms with Crippen LogP contribution in [0, 0.1) is 5.82 Å². The maximum Gasteiger partial charge on any atom is 0.161 e. The van der Waals surface area contributed by atoms with Crippen molar-refractivity contribution in [3.8, 4) is 5.75 Å². The van der Waals surface area contributed by atoms with E-state index < -0.39 is 0 Å². The molecule has 0 spiro atoms. The van der Waals surface area contributed by atoms with Gasteiger partial charge >= 0.3 is 0 Å². The van der Waals surface area contributed by atoms with E-state index in [1.165, 1.54) is 12.3 Å². The lowest BCUT2D eigenvalue weighted by atomic mass is 10.0. The highest BCUT2D eigenvalue weighted by Gasteiger charge is 2.24. The summed E-state index contributed by atoms with van der Waals surface area (Å²) in [6.45, 7) is 4.07. The number of aromatic nitrogens is 3. The summed E-state index contributed by atoms with van der Waals surface area (Å²) in [5, 5.41) is 7.51. The highest BCUT2D eigenvalue weighted by Crippen LogP contribution is 2.31. The molecular weight excluding hydrogens is 259 g/mol. The summed E-state index contributed by atoms with van der Waals surface area (Å²) >= 11 is 0. The van der Waals surface area contributed by atoms with Crippen molar-refractivity contribution in [1.29, 1.82) is 0 Å². The first-order valence-corrected chi connectivity index (χ1v) is 6.47. The molecule has 5 nitrogen and oxygen atoms in total. The maximum atomic E-state index is 13.4. The van der Waals surface area contributed by atoms with Crippen LogP contribution in [0.1, 0.15) is 37.2 Å². The van der Waals surface area contributed by atoms with Crippen molar-refractivity contribution in [1.82, 2.24) is 20.1 Å². The van der Waals surface area contributed by atoms with Crippen molar-refractivity contribution in [3.63, 3.8) is 0 Å². The predicted octanol–water partition coefficient (Wildman–Crippen LogP) is 2.32. The lowest BCUT2D eigenvalue weighted by Crippen LogP contribution is -2.23. The predicted molar refractivity (Wildman–Crippen MR) is 74.3 cm³/mol. The van der Waals surface area contributed by atoms with Gasteiger partial charge in [-0.25, -0.2) is 4.39 Å². The Hall–Kier alpha value is -1.95. The number of hydrogen-bond donors (Lipinski definition) is 1. The summed E-state index contributed by atoms with van der Waals surface area (Å²) in [4.78, 5) is 3.91. The molecule has 2 aromatic heterocycles. The normalized spacial score (nSPS) is 12.7. The molecule has 108 valence electrons. The highest BCUT2D eigenvalue weighted by atomic mass is 19.1. The molecular formula is C14H19FN4O. The van der Waals surface area contributed by atoms with Crippen LogP contribution < -0.4 is 10.1 Å². The first kappa shape index (κ1) is 14.5. The topological polar surface area (TPSA) is 52.0 Å². The van der Waals surface area contributed by atoms with E-state index >= 15 is 0 Å². The van der Waals surface area contributed by atoms with E-state index in [-0.39, 0.29) is 17.9 Å². The number of ether oxygens (including phenoxy) is 1. The number of nitrogens with zero attached hydrogens (tertiary/aromatic N) is 3. The van der Waals surface area contributed by atoms with E-state index in [0.29, 0.717) is 5.75 Å². The van der Waals surface area contributed by atoms with Crippen LogP contribution in [0.4, 0.5) is 4.39 Å². The number of halogens is 1. The minimum atomic E-state index is -0.364. The van der Waals surface area contributed by atoms with E-state index in [4.69, 9.17) is 4.74 Å². The van der Waals surface area contributed by atoms with Crippen LogP contribution in [0.5, 0.6) is 5.75 Å². The fourth-order valence-corrected chi connectivity index (χ4v) is 2.25. The third-order valence-electron chi connectivity index (χ3n) is 3.13. The molecule has 0 saturated carbocycles. The second kappa shape index (κ2) is 6.00. The number of rotatable bonds is 5. The molecule has 6 heteroatoms. The van der Waals surface area contributed by atoms with Crippen LogP contribution in [-0.4, -0.2) is 28.9 Å². The molecule has 2 aromatic rings. The Balaban J connectivity index is 2.54. The number of pyridine rings is 1. The molecule has 1 N–H and O–H groups in total. The summed E-state index contributed by atoms with van der Waals surface area (Å²) in [6, 6.07) is 1.40. The van der Waals surface area contributed by atoms with Gasteiger partial charge in [0.05, 0.1) is 25.5 Å². The van der Waals surface area contributed by atoms with Gasteiger partial charge in [-0.1, -0.05) is 0 Å². The lowest BCUT2D eigenvalue weighted by molar-refractivity contribution is 0.396. The Labute approximate surface area is 117 Å². The number of nitrogens with one attached hydrogen (secondary N) is 1. The van der Waals surface area contributed by atoms with Gasteiger partial charge in [-0.05, 0) is 32.5 Å². The zero-order valence-corrected chi connectivity index (χ0v) is 12.1. The van der Waals surface area contributed by atoms with Crippen LogP contribution >= 0.6 is 0 Å². The van der Waals surface area contributed by atoms with Crippen LogP contribution in [0.15, 0.2) is 24.7 Å². The lowest BCUT2D eigenvalue weighted by Gasteiger charge is -2.21. The van der Waals surface area contributed by atoms with Gasteiger partial charge in [0.15, 0.2) is 5.75 Å². The first-order valence-electron chi connectivity index (χ1n) is 6.47. The van der Waals surface area contributed by atoms with Crippen molar-refractivity contribution in [2.75, 3.05) is 14.2 Å². The molecule has 0 saturated heterocycles. The first-order chi connectivity index (χ1) is 9.58. The molecule has 20 heavy (non-hydrogen) atoms. The van der Waals surface area contributed by atoms with E-state index in [2.05, 4.69) is 15.4 Å². The minimum Gasteiger partial charge on any atom is -0.493 e. The molecule has 0 aliphatic carbocycles. The van der Waals surface area contributed by atoms with E-state index in [0.717, 1.165) is 11.3 Å². The van der Waals surface area contributed by atoms with Crippen molar-refractivity contribution in [3.05, 3.63) is 41.7 Å². The second-order valence-corrected chi connectivity index (χ2v) is 4.79. The van der Waals surface area contributed by atoms with E-state index in [1.807, 2.05) is 25.6 Å². The molecule has 0 fully saturated rings. The van der Waals surface area contributed by atoms with Crippen LogP contribution in [0.25, 0.3) is 0 Å². The minimum absolute atomic E-state index is 0.172. The van der Waals surface area contributed by atoms with Gasteiger partial charge in [0.25, 0.3) is 0 Å². The van der Waals surface area contributed by atoms with Crippen LogP contribution in [0.2, 0.25) is 0 Å². The quantitative estimate of drug-likeness (QED) is 0.912. The van der Waals surface area contributed by atoms with Gasteiger partial charge in [0, 0.05) is 12.2 Å². The third-order valence-corrected chi connectivity index (χ3v) is 3.13. The average molecular weight is 278 g/mol. The molecule has 0 amide bonds. The maximum absolute atomic E-state index is 13.4. The van der Waals surface area contributed by atoms with Gasteiger partial charge in [-0.15, -0.1) is 0 Å². The Kier molecular flexibility index (Phi) is 4.34. The molecule has 0 radical (unpaired) electrons. The summed E-state index contributed by atoms with van der Waals surface area (Å²) in [5.74, 6) is 0.305. The van der Waals surface area contributed by atoms with Gasteiger partial charge in [-0.2, -0.15) is 5.10 Å². The molecule has 0 aliphatic rings. The fraction of sp³-hybridized carbons (Fsp3) is 0.429. The monoisotopic (exact) mass is 278 g/mol. The Morgan fingerprint density at radius 2 is 2.05 bits per heavy atom. The zero-order valence-electron chi connectivity index (χ0n) is 12.1. The second-order valence-electron chi connectivity index (χ2n) is 4.79.